The second kappa shape index (κ2) is 31.6. The number of fused-ring (bicyclic) bond motifs is 4. The zero-order chi connectivity index (χ0) is 79.8. The number of aromatic nitrogens is 3. The van der Waals surface area contributed by atoms with Gasteiger partial charge in [0.05, 0.1) is 5.69 Å². The number of rotatable bonds is 18. The molecule has 9 nitrogen and oxygen atoms in total. The fourth-order valence-corrected chi connectivity index (χ4v) is 28.3. The van der Waals surface area contributed by atoms with Crippen molar-refractivity contribution in [1.82, 2.24) is 25.6 Å². The quantitative estimate of drug-likeness (QED) is 0.0649. The molecule has 0 saturated heterocycles. The van der Waals surface area contributed by atoms with Gasteiger partial charge in [-0.1, -0.05) is 413 Å². The van der Waals surface area contributed by atoms with E-state index in [9.17, 15) is 0 Å². The lowest BCUT2D eigenvalue weighted by atomic mass is 9.33. The third kappa shape index (κ3) is 13.0. The number of nitrogens with zero attached hydrogens (tertiary/aromatic N) is 7. The lowest BCUT2D eigenvalue weighted by molar-refractivity contribution is 0.406. The smallest absolute Gasteiger partial charge is 0.252 e. The molecule has 2 N–H and O–H groups in total. The predicted octanol–water partition coefficient (Wildman–Crippen LogP) is 17.5. The van der Waals surface area contributed by atoms with E-state index in [1.165, 1.54) is 41.5 Å². The summed E-state index contributed by atoms with van der Waals surface area (Å²) in [5, 5.41) is 18.6. The maximum absolute atomic E-state index is 6.05. The summed E-state index contributed by atoms with van der Waals surface area (Å²) in [6.07, 6.45) is -1.02. The number of nitrogens with one attached hydrogen (secondary N) is 2. The lowest BCUT2D eigenvalue weighted by Gasteiger charge is -2.46. The summed E-state index contributed by atoms with van der Waals surface area (Å²) >= 11 is 0. The molecule has 2 unspecified atom stereocenters. The van der Waals surface area contributed by atoms with Crippen LogP contribution >= 0.6 is 0 Å². The molecule has 17 aromatic carbocycles. The lowest BCUT2D eigenvalue weighted by Crippen LogP contribution is -2.74. The minimum atomic E-state index is -3.08. The first kappa shape index (κ1) is 72.8. The SMILES string of the molecule is c1ccc(-c2ccc3c(c2)B2c4cc(-c5ccccc5)ccc4N(c4nc(-c5ccccc5)nc(-c5cccc([Si](c6ccccc6)(c6ccccc6)c6ccccc6)c5)n4)c4cc(N(c5ccccc5)c5ccccc5)cc(c42)N3C2=NC(c3ccccc3)NC(c3cccc([Si](c4ccccc4)(c4ccccc4)c4ccccc4)c3)N2)cc1. The Labute approximate surface area is 702 Å². The highest BCUT2D eigenvalue weighted by atomic mass is 28.3. The van der Waals surface area contributed by atoms with Gasteiger partial charge in [-0.15, -0.1) is 0 Å². The third-order valence-electron chi connectivity index (χ3n) is 24.0. The highest BCUT2D eigenvalue weighted by Gasteiger charge is 2.48. The van der Waals surface area contributed by atoms with Crippen LogP contribution in [-0.4, -0.2) is 43.8 Å². The van der Waals surface area contributed by atoms with Gasteiger partial charge in [-0.05, 0) is 140 Å². The van der Waals surface area contributed by atoms with Crippen LogP contribution in [0.3, 0.4) is 0 Å². The standard InChI is InChI=1S/C108H80BN9Si2/c1-13-39-77(40-14-1)81-67-69-98-96(73-81)109-97-74-82(78-41-15-2-16-42-78)68-70-99(97)118(108-113-104(80-45-19-4-20-46-80)111-106(115-108)84-48-38-66-95(72-84)120(91-59-31-10-32-60-91,92-61-33-11-34-62-92)93-63-35-12-36-64-93)101-76-87(116(85-49-21-5-22-50-85)86-51-23-6-24-52-86)75-100(102(101)109)117(98)107-112-103(79-43-17-3-18-44-79)110-105(114-107)83-47-37-65-94(71-83)119(88-53-25-7-26-54-88,89-55-27-8-28-56-89)90-57-29-9-30-58-90/h1-76,103,105,110H,(H,112,114). The zero-order valence-electron chi connectivity index (χ0n) is 65.7. The molecule has 0 spiro atoms. The van der Waals surface area contributed by atoms with Gasteiger partial charge in [0, 0.05) is 45.3 Å². The summed E-state index contributed by atoms with van der Waals surface area (Å²) in [6.45, 7) is -0.388. The average Bonchev–Trinajstić information content (AvgIpc) is 0.683. The van der Waals surface area contributed by atoms with E-state index in [1.807, 2.05) is 0 Å². The summed E-state index contributed by atoms with van der Waals surface area (Å²) < 4.78 is 0. The third-order valence-corrected chi connectivity index (χ3v) is 33.6. The summed E-state index contributed by atoms with van der Waals surface area (Å²) in [5.41, 5.74) is 18.0. The van der Waals surface area contributed by atoms with Gasteiger partial charge in [-0.2, -0.15) is 9.97 Å². The van der Waals surface area contributed by atoms with E-state index >= 15 is 0 Å². The maximum atomic E-state index is 6.05. The highest BCUT2D eigenvalue weighted by Crippen LogP contribution is 2.48. The van der Waals surface area contributed by atoms with Crippen LogP contribution in [0.2, 0.25) is 0 Å². The molecule has 3 aliphatic heterocycles. The summed E-state index contributed by atoms with van der Waals surface area (Å²) in [6, 6.07) is 168. The van der Waals surface area contributed by atoms with E-state index in [4.69, 9.17) is 19.9 Å². The molecule has 568 valence electrons. The number of anilines is 8. The van der Waals surface area contributed by atoms with Gasteiger partial charge >= 0.3 is 0 Å². The van der Waals surface area contributed by atoms with Gasteiger partial charge in [0.1, 0.15) is 12.3 Å². The summed E-state index contributed by atoms with van der Waals surface area (Å²) in [7, 11) is -6.12. The molecule has 21 rings (SSSR count). The van der Waals surface area contributed by atoms with Crippen LogP contribution in [0.25, 0.3) is 45.0 Å². The van der Waals surface area contributed by atoms with Crippen molar-refractivity contribution >= 4 is 132 Å². The highest BCUT2D eigenvalue weighted by molar-refractivity contribution is 7.20. The van der Waals surface area contributed by atoms with Crippen molar-refractivity contribution in [2.45, 2.75) is 12.3 Å². The van der Waals surface area contributed by atoms with Gasteiger partial charge in [0.25, 0.3) is 6.71 Å². The Morgan fingerprint density at radius 3 is 1.07 bits per heavy atom. The van der Waals surface area contributed by atoms with Crippen molar-refractivity contribution < 1.29 is 0 Å². The van der Waals surface area contributed by atoms with E-state index in [2.05, 4.69) is 486 Å². The monoisotopic (exact) mass is 1570 g/mol. The molecule has 0 saturated carbocycles. The summed E-state index contributed by atoms with van der Waals surface area (Å²) in [4.78, 5) is 30.7. The Balaban J connectivity index is 0.841. The Bertz CT molecular complexity index is 6500. The van der Waals surface area contributed by atoms with Gasteiger partial charge in [0.15, 0.2) is 27.8 Å². The van der Waals surface area contributed by atoms with Crippen LogP contribution in [0, 0.1) is 0 Å². The number of benzene rings is 17. The van der Waals surface area contributed by atoms with E-state index in [1.54, 1.807) is 0 Å². The zero-order valence-corrected chi connectivity index (χ0v) is 67.7. The number of para-hydroxylation sites is 2. The number of hydrogen-bond donors (Lipinski definition) is 2. The number of hydrogen-bond acceptors (Lipinski definition) is 9. The molecule has 4 heterocycles. The molecule has 3 aliphatic rings. The molecule has 18 aromatic rings. The first-order valence-corrected chi connectivity index (χ1v) is 45.1. The van der Waals surface area contributed by atoms with Crippen LogP contribution in [0.15, 0.2) is 466 Å². The number of guanidine groups is 1. The van der Waals surface area contributed by atoms with Gasteiger partial charge < -0.3 is 10.2 Å². The molecule has 0 amide bonds. The molecule has 1 aromatic heterocycles. The minimum absolute atomic E-state index is 0.388. The fraction of sp³-hybridized carbons (Fsp3) is 0.0185. The van der Waals surface area contributed by atoms with Crippen LogP contribution in [0.4, 0.5) is 45.8 Å². The van der Waals surface area contributed by atoms with Crippen LogP contribution < -0.4 is 83.2 Å². The maximum Gasteiger partial charge on any atom is 0.252 e. The van der Waals surface area contributed by atoms with Gasteiger partial charge in [0.2, 0.25) is 11.9 Å². The van der Waals surface area contributed by atoms with Crippen LogP contribution in [0.5, 0.6) is 0 Å². The van der Waals surface area contributed by atoms with Gasteiger partial charge in [-0.3, -0.25) is 15.1 Å². The Kier molecular flexibility index (Phi) is 19.2. The first-order chi connectivity index (χ1) is 59.5. The van der Waals surface area contributed by atoms with Crippen molar-refractivity contribution in [3.63, 3.8) is 0 Å². The molecule has 0 radical (unpaired) electrons. The number of aliphatic imine (C=N–C) groups is 1. The van der Waals surface area contributed by atoms with E-state index < -0.39 is 28.5 Å². The average molecular weight is 1570 g/mol. The Morgan fingerprint density at radius 1 is 0.267 bits per heavy atom. The van der Waals surface area contributed by atoms with Crippen molar-refractivity contribution in [3.8, 4) is 45.0 Å². The Hall–Kier alpha value is -14.9. The topological polar surface area (TPSA) is 84.8 Å². The molecule has 12 heteroatoms. The second-order valence-electron chi connectivity index (χ2n) is 30.8. The van der Waals surface area contributed by atoms with Crippen molar-refractivity contribution in [1.29, 1.82) is 0 Å². The van der Waals surface area contributed by atoms with E-state index in [0.717, 1.165) is 101 Å². The summed E-state index contributed by atoms with van der Waals surface area (Å²) in [5.74, 6) is 2.19. The minimum Gasteiger partial charge on any atom is -0.336 e. The molecule has 0 bridgehead atoms. The molecular weight excluding hydrogens is 1490 g/mol. The molecule has 2 atom stereocenters. The van der Waals surface area contributed by atoms with Gasteiger partial charge in [-0.25, -0.2) is 9.98 Å². The molecular formula is C108H80BN9Si2. The van der Waals surface area contributed by atoms with Crippen LogP contribution in [-0.2, 0) is 0 Å². The van der Waals surface area contributed by atoms with E-state index in [0.29, 0.717) is 23.6 Å². The second-order valence-corrected chi connectivity index (χ2v) is 38.5. The van der Waals surface area contributed by atoms with Crippen molar-refractivity contribution in [3.05, 3.63) is 472 Å². The predicted molar refractivity (Wildman–Crippen MR) is 503 cm³/mol. The van der Waals surface area contributed by atoms with Crippen molar-refractivity contribution in [2.75, 3.05) is 14.7 Å². The first-order valence-electron chi connectivity index (χ1n) is 41.1. The molecule has 120 heavy (non-hydrogen) atoms. The normalized spacial score (nSPS) is 14.0. The Morgan fingerprint density at radius 2 is 0.617 bits per heavy atom. The fourth-order valence-electron chi connectivity index (χ4n) is 18.7. The van der Waals surface area contributed by atoms with Crippen LogP contribution in [0.1, 0.15) is 23.5 Å². The molecule has 0 aliphatic carbocycles. The van der Waals surface area contributed by atoms with Crippen molar-refractivity contribution in [2.24, 2.45) is 4.99 Å². The van der Waals surface area contributed by atoms with E-state index in [-0.39, 0.29) is 6.71 Å². The molecule has 0 fully saturated rings. The largest absolute Gasteiger partial charge is 0.336 e.